The number of aryl methyl sites for hydroxylation is 1. The lowest BCUT2D eigenvalue weighted by molar-refractivity contribution is 0.768. The van der Waals surface area contributed by atoms with E-state index in [0.717, 1.165) is 12.4 Å². The molecule has 0 bridgehead atoms. The van der Waals surface area contributed by atoms with Crippen LogP contribution in [0.4, 0.5) is 11.6 Å². The van der Waals surface area contributed by atoms with Gasteiger partial charge < -0.3 is 15.6 Å². The van der Waals surface area contributed by atoms with E-state index < -0.39 is 0 Å². The number of nitrogen functional groups attached to an aromatic ring is 1. The Labute approximate surface area is 60.1 Å². The first-order valence-electron chi connectivity index (χ1n) is 3.28. The third kappa shape index (κ3) is 0.920. The Morgan fingerprint density at radius 2 is 2.50 bits per heavy atom. The van der Waals surface area contributed by atoms with Gasteiger partial charge in [0.1, 0.15) is 5.82 Å². The molecule has 1 aromatic rings. The number of hydrogen-bond acceptors (Lipinski definition) is 3. The number of nitrogens with one attached hydrogen (secondary N) is 1. The quantitative estimate of drug-likeness (QED) is 0.630. The van der Waals surface area contributed by atoms with Crippen LogP contribution in [0.25, 0.3) is 0 Å². The van der Waals surface area contributed by atoms with Gasteiger partial charge in [0.2, 0.25) is 0 Å². The second kappa shape index (κ2) is 2.60. The summed E-state index contributed by atoms with van der Waals surface area (Å²) >= 11 is 0. The van der Waals surface area contributed by atoms with E-state index >= 15 is 0 Å². The highest BCUT2D eigenvalue weighted by Crippen LogP contribution is 2.14. The molecular weight excluding hydrogens is 128 g/mol. The van der Waals surface area contributed by atoms with Crippen molar-refractivity contribution >= 4 is 11.6 Å². The summed E-state index contributed by atoms with van der Waals surface area (Å²) in [4.78, 5) is 3.94. The molecule has 1 rings (SSSR count). The fourth-order valence-electron chi connectivity index (χ4n) is 0.909. The second-order valence-corrected chi connectivity index (χ2v) is 2.01. The van der Waals surface area contributed by atoms with Crippen LogP contribution in [0.5, 0.6) is 0 Å². The molecule has 4 heteroatoms. The predicted octanol–water partition coefficient (Wildman–Crippen LogP) is 0.527. The third-order valence-corrected chi connectivity index (χ3v) is 1.44. The van der Waals surface area contributed by atoms with Crippen molar-refractivity contribution in [2.45, 2.75) is 13.5 Å². The summed E-state index contributed by atoms with van der Waals surface area (Å²) in [5.41, 5.74) is 5.53. The van der Waals surface area contributed by atoms with Gasteiger partial charge in [0, 0.05) is 13.6 Å². The molecule has 10 heavy (non-hydrogen) atoms. The SMILES string of the molecule is CCn1cnc(N)c1NC. The van der Waals surface area contributed by atoms with Gasteiger partial charge in [-0.2, -0.15) is 0 Å². The molecule has 0 aliphatic heterocycles. The minimum atomic E-state index is 0.560. The van der Waals surface area contributed by atoms with Crippen molar-refractivity contribution in [1.29, 1.82) is 0 Å². The first-order valence-corrected chi connectivity index (χ1v) is 3.28. The summed E-state index contributed by atoms with van der Waals surface area (Å²) in [5, 5.41) is 2.97. The molecule has 0 fully saturated rings. The molecule has 0 atom stereocenters. The van der Waals surface area contributed by atoms with Gasteiger partial charge in [0.15, 0.2) is 5.82 Å². The Bertz CT molecular complexity index is 216. The minimum Gasteiger partial charge on any atom is -0.381 e. The van der Waals surface area contributed by atoms with Gasteiger partial charge in [-0.25, -0.2) is 4.98 Å². The summed E-state index contributed by atoms with van der Waals surface area (Å²) in [6, 6.07) is 0. The third-order valence-electron chi connectivity index (χ3n) is 1.44. The van der Waals surface area contributed by atoms with Crippen molar-refractivity contribution in [2.24, 2.45) is 0 Å². The Kier molecular flexibility index (Phi) is 1.80. The molecule has 0 aromatic carbocycles. The smallest absolute Gasteiger partial charge is 0.166 e. The fourth-order valence-corrected chi connectivity index (χ4v) is 0.909. The number of anilines is 2. The van der Waals surface area contributed by atoms with Gasteiger partial charge in [-0.15, -0.1) is 0 Å². The number of aromatic nitrogens is 2. The summed E-state index contributed by atoms with van der Waals surface area (Å²) in [7, 11) is 1.83. The lowest BCUT2D eigenvalue weighted by Gasteiger charge is -2.03. The lowest BCUT2D eigenvalue weighted by Crippen LogP contribution is -2.01. The molecule has 0 saturated carbocycles. The Morgan fingerprint density at radius 1 is 1.80 bits per heavy atom. The van der Waals surface area contributed by atoms with Crippen molar-refractivity contribution in [3.63, 3.8) is 0 Å². The van der Waals surface area contributed by atoms with E-state index in [9.17, 15) is 0 Å². The molecule has 0 aliphatic carbocycles. The summed E-state index contributed by atoms with van der Waals surface area (Å²) in [5.74, 6) is 1.45. The molecular formula is C6H12N4. The standard InChI is InChI=1S/C6H12N4/c1-3-10-4-9-5(7)6(10)8-2/h4,8H,3,7H2,1-2H3. The maximum atomic E-state index is 5.53. The zero-order valence-corrected chi connectivity index (χ0v) is 6.26. The summed E-state index contributed by atoms with van der Waals surface area (Å²) in [6.07, 6.45) is 1.72. The number of hydrogen-bond donors (Lipinski definition) is 2. The largest absolute Gasteiger partial charge is 0.381 e. The van der Waals surface area contributed by atoms with Crippen LogP contribution in [-0.2, 0) is 6.54 Å². The number of rotatable bonds is 2. The molecule has 0 spiro atoms. The van der Waals surface area contributed by atoms with Gasteiger partial charge in [-0.1, -0.05) is 0 Å². The van der Waals surface area contributed by atoms with E-state index in [1.54, 1.807) is 6.33 Å². The molecule has 0 aliphatic rings. The van der Waals surface area contributed by atoms with Gasteiger partial charge in [-0.3, -0.25) is 0 Å². The van der Waals surface area contributed by atoms with Crippen molar-refractivity contribution in [2.75, 3.05) is 18.1 Å². The highest BCUT2D eigenvalue weighted by molar-refractivity contribution is 5.56. The number of imidazole rings is 1. The van der Waals surface area contributed by atoms with E-state index in [0.29, 0.717) is 5.82 Å². The van der Waals surface area contributed by atoms with E-state index in [1.807, 2.05) is 18.5 Å². The van der Waals surface area contributed by atoms with Gasteiger partial charge in [0.05, 0.1) is 6.33 Å². The Morgan fingerprint density at radius 3 is 2.90 bits per heavy atom. The van der Waals surface area contributed by atoms with Gasteiger partial charge in [-0.05, 0) is 6.92 Å². The van der Waals surface area contributed by atoms with Crippen LogP contribution in [0.3, 0.4) is 0 Å². The van der Waals surface area contributed by atoms with Crippen LogP contribution in [0.1, 0.15) is 6.92 Å². The van der Waals surface area contributed by atoms with Crippen LogP contribution in [0, 0.1) is 0 Å². The molecule has 0 unspecified atom stereocenters. The fraction of sp³-hybridized carbons (Fsp3) is 0.500. The molecule has 0 amide bonds. The van der Waals surface area contributed by atoms with Crippen molar-refractivity contribution in [3.8, 4) is 0 Å². The van der Waals surface area contributed by atoms with E-state index in [-0.39, 0.29) is 0 Å². The zero-order valence-electron chi connectivity index (χ0n) is 6.26. The summed E-state index contributed by atoms with van der Waals surface area (Å²) in [6.45, 7) is 2.93. The van der Waals surface area contributed by atoms with Crippen LogP contribution in [-0.4, -0.2) is 16.6 Å². The number of nitrogens with zero attached hydrogens (tertiary/aromatic N) is 2. The van der Waals surface area contributed by atoms with Crippen LogP contribution >= 0.6 is 0 Å². The van der Waals surface area contributed by atoms with E-state index in [2.05, 4.69) is 10.3 Å². The Hall–Kier alpha value is -1.19. The Balaban J connectivity index is 3.01. The first kappa shape index (κ1) is 6.92. The average Bonchev–Trinajstić information content (AvgIpc) is 2.30. The maximum absolute atomic E-state index is 5.53. The summed E-state index contributed by atoms with van der Waals surface area (Å²) < 4.78 is 1.95. The minimum absolute atomic E-state index is 0.560. The van der Waals surface area contributed by atoms with E-state index in [4.69, 9.17) is 5.73 Å². The van der Waals surface area contributed by atoms with Crippen molar-refractivity contribution in [3.05, 3.63) is 6.33 Å². The predicted molar refractivity (Wildman–Crippen MR) is 41.9 cm³/mol. The van der Waals surface area contributed by atoms with Crippen molar-refractivity contribution in [1.82, 2.24) is 9.55 Å². The maximum Gasteiger partial charge on any atom is 0.166 e. The van der Waals surface area contributed by atoms with Gasteiger partial charge in [0.25, 0.3) is 0 Å². The van der Waals surface area contributed by atoms with Crippen LogP contribution in [0.15, 0.2) is 6.33 Å². The zero-order chi connectivity index (χ0) is 7.56. The highest BCUT2D eigenvalue weighted by Gasteiger charge is 2.02. The average molecular weight is 140 g/mol. The van der Waals surface area contributed by atoms with E-state index in [1.165, 1.54) is 0 Å². The molecule has 4 nitrogen and oxygen atoms in total. The topological polar surface area (TPSA) is 55.9 Å². The second-order valence-electron chi connectivity index (χ2n) is 2.01. The molecule has 0 radical (unpaired) electrons. The molecule has 3 N–H and O–H groups in total. The lowest BCUT2D eigenvalue weighted by atomic mass is 10.6. The van der Waals surface area contributed by atoms with Crippen LogP contribution in [0.2, 0.25) is 0 Å². The van der Waals surface area contributed by atoms with Crippen molar-refractivity contribution < 1.29 is 0 Å². The number of nitrogens with two attached hydrogens (primary N) is 1. The molecule has 56 valence electrons. The first-order chi connectivity index (χ1) is 4.79. The van der Waals surface area contributed by atoms with Gasteiger partial charge >= 0.3 is 0 Å². The normalized spacial score (nSPS) is 9.80. The molecule has 0 saturated heterocycles. The highest BCUT2D eigenvalue weighted by atomic mass is 15.2. The monoisotopic (exact) mass is 140 g/mol. The van der Waals surface area contributed by atoms with Crippen LogP contribution < -0.4 is 11.1 Å². The molecule has 1 aromatic heterocycles. The molecule has 1 heterocycles.